The molecule has 0 spiro atoms. The molecule has 0 saturated heterocycles. The molecule has 150 valence electrons. The third-order valence-electron chi connectivity index (χ3n) is 6.30. The van der Waals surface area contributed by atoms with Crippen LogP contribution in [-0.2, 0) is 5.41 Å². The van der Waals surface area contributed by atoms with Gasteiger partial charge in [0.1, 0.15) is 5.52 Å². The summed E-state index contributed by atoms with van der Waals surface area (Å²) in [5.74, 6) is 0.647. The summed E-state index contributed by atoms with van der Waals surface area (Å²) in [7, 11) is 0. The third-order valence-corrected chi connectivity index (χ3v) is 6.30. The molecule has 0 atom stereocenters. The van der Waals surface area contributed by atoms with Crippen molar-refractivity contribution in [1.29, 1.82) is 0 Å². The lowest BCUT2D eigenvalue weighted by molar-refractivity contribution is 0.620. The molecule has 2 heterocycles. The summed E-state index contributed by atoms with van der Waals surface area (Å²) in [6, 6.07) is 33.7. The Hall–Kier alpha value is -3.85. The lowest BCUT2D eigenvalue weighted by atomic mass is 9.73. The Labute approximate surface area is 181 Å². The molecule has 1 aliphatic rings. The minimum atomic E-state index is -0.0537. The second-order valence-electron chi connectivity index (χ2n) is 8.53. The van der Waals surface area contributed by atoms with Crippen molar-refractivity contribution in [2.45, 2.75) is 19.3 Å². The van der Waals surface area contributed by atoms with Gasteiger partial charge in [0.25, 0.3) is 0 Å². The average Bonchev–Trinajstić information content (AvgIpc) is 3.24. The van der Waals surface area contributed by atoms with E-state index < -0.39 is 0 Å². The monoisotopic (exact) mass is 402 g/mol. The van der Waals surface area contributed by atoms with E-state index in [-0.39, 0.29) is 5.41 Å². The number of para-hydroxylation sites is 4. The first kappa shape index (κ1) is 18.0. The van der Waals surface area contributed by atoms with E-state index >= 15 is 0 Å². The molecule has 1 aliphatic heterocycles. The van der Waals surface area contributed by atoms with E-state index in [9.17, 15) is 0 Å². The number of rotatable bonds is 2. The van der Waals surface area contributed by atoms with Crippen LogP contribution in [0.1, 0.15) is 25.0 Å². The molecule has 0 fully saturated rings. The molecular weight excluding hydrogens is 380 g/mol. The number of nitrogens with zero attached hydrogens (tertiary/aromatic N) is 2. The highest BCUT2D eigenvalue weighted by molar-refractivity contribution is 5.86. The Balaban J connectivity index is 1.47. The van der Waals surface area contributed by atoms with E-state index in [2.05, 4.69) is 96.5 Å². The van der Waals surface area contributed by atoms with Crippen LogP contribution in [0.5, 0.6) is 0 Å². The van der Waals surface area contributed by atoms with Crippen molar-refractivity contribution >= 4 is 28.2 Å². The first-order chi connectivity index (χ1) is 15.1. The van der Waals surface area contributed by atoms with Crippen molar-refractivity contribution in [2.24, 2.45) is 0 Å². The van der Waals surface area contributed by atoms with Crippen molar-refractivity contribution in [3.05, 3.63) is 108 Å². The van der Waals surface area contributed by atoms with E-state index in [0.29, 0.717) is 5.89 Å². The molecule has 0 unspecified atom stereocenters. The summed E-state index contributed by atoms with van der Waals surface area (Å²) >= 11 is 0. The highest BCUT2D eigenvalue weighted by atomic mass is 16.3. The maximum Gasteiger partial charge on any atom is 0.227 e. The fourth-order valence-electron chi connectivity index (χ4n) is 4.70. The molecule has 3 nitrogen and oxygen atoms in total. The summed E-state index contributed by atoms with van der Waals surface area (Å²) in [5, 5.41) is 0. The molecule has 0 aliphatic carbocycles. The quantitative estimate of drug-likeness (QED) is 0.304. The molecule has 0 amide bonds. The Kier molecular flexibility index (Phi) is 3.81. The zero-order valence-electron chi connectivity index (χ0n) is 17.5. The maximum absolute atomic E-state index is 5.95. The molecule has 4 aromatic carbocycles. The van der Waals surface area contributed by atoms with E-state index in [1.54, 1.807) is 0 Å². The molecule has 3 heteroatoms. The van der Waals surface area contributed by atoms with Crippen LogP contribution >= 0.6 is 0 Å². The molecule has 0 bridgehead atoms. The number of benzene rings is 4. The first-order valence-electron chi connectivity index (χ1n) is 10.6. The van der Waals surface area contributed by atoms with Crippen LogP contribution in [0.3, 0.4) is 0 Å². The first-order valence-corrected chi connectivity index (χ1v) is 10.6. The molecule has 1 aromatic heterocycles. The summed E-state index contributed by atoms with van der Waals surface area (Å²) in [6.07, 6.45) is 0. The Morgan fingerprint density at radius 3 is 1.90 bits per heavy atom. The minimum Gasteiger partial charge on any atom is -0.436 e. The van der Waals surface area contributed by atoms with E-state index in [4.69, 9.17) is 4.42 Å². The minimum absolute atomic E-state index is 0.0537. The zero-order chi connectivity index (χ0) is 21.0. The summed E-state index contributed by atoms with van der Waals surface area (Å²) in [6.45, 7) is 4.61. The van der Waals surface area contributed by atoms with Gasteiger partial charge in [-0.15, -0.1) is 0 Å². The largest absolute Gasteiger partial charge is 0.436 e. The van der Waals surface area contributed by atoms with Crippen molar-refractivity contribution < 1.29 is 4.42 Å². The Morgan fingerprint density at radius 2 is 1.26 bits per heavy atom. The fourth-order valence-corrected chi connectivity index (χ4v) is 4.70. The van der Waals surface area contributed by atoms with Gasteiger partial charge in [-0.2, -0.15) is 0 Å². The second-order valence-corrected chi connectivity index (χ2v) is 8.53. The zero-order valence-corrected chi connectivity index (χ0v) is 17.5. The van der Waals surface area contributed by atoms with Gasteiger partial charge in [-0.05, 0) is 59.7 Å². The highest BCUT2D eigenvalue weighted by Crippen LogP contribution is 2.51. The Bertz CT molecular complexity index is 1330. The molecule has 0 saturated carbocycles. The molecule has 31 heavy (non-hydrogen) atoms. The SMILES string of the molecule is CC1(C)c2ccccc2N(c2ccc(-c3nc4ccccc4o3)cc2)c2ccccc21. The van der Waals surface area contributed by atoms with E-state index in [1.807, 2.05) is 24.3 Å². The van der Waals surface area contributed by atoms with Gasteiger partial charge in [0, 0.05) is 16.7 Å². The van der Waals surface area contributed by atoms with E-state index in [1.165, 1.54) is 22.5 Å². The van der Waals surface area contributed by atoms with Crippen molar-refractivity contribution in [3.63, 3.8) is 0 Å². The third kappa shape index (κ3) is 2.70. The van der Waals surface area contributed by atoms with Gasteiger partial charge in [-0.25, -0.2) is 4.98 Å². The molecule has 5 aromatic rings. The van der Waals surface area contributed by atoms with Gasteiger partial charge in [0.05, 0.1) is 11.4 Å². The summed E-state index contributed by atoms with van der Waals surface area (Å²) < 4.78 is 5.95. The Morgan fingerprint density at radius 1 is 0.677 bits per heavy atom. The van der Waals surface area contributed by atoms with Crippen molar-refractivity contribution in [3.8, 4) is 11.5 Å². The fraction of sp³-hybridized carbons (Fsp3) is 0.107. The molecule has 6 rings (SSSR count). The molecule has 0 N–H and O–H groups in total. The lowest BCUT2D eigenvalue weighted by Gasteiger charge is -2.42. The van der Waals surface area contributed by atoms with Crippen LogP contribution in [0.4, 0.5) is 17.1 Å². The van der Waals surface area contributed by atoms with Crippen LogP contribution in [0.15, 0.2) is 101 Å². The predicted molar refractivity (Wildman–Crippen MR) is 126 cm³/mol. The number of anilines is 3. The number of oxazole rings is 1. The highest BCUT2D eigenvalue weighted by Gasteiger charge is 2.36. The molecule has 0 radical (unpaired) electrons. The van der Waals surface area contributed by atoms with Gasteiger partial charge < -0.3 is 9.32 Å². The van der Waals surface area contributed by atoms with Gasteiger partial charge in [-0.3, -0.25) is 0 Å². The number of aromatic nitrogens is 1. The van der Waals surface area contributed by atoms with Crippen LogP contribution in [0, 0.1) is 0 Å². The smallest absolute Gasteiger partial charge is 0.227 e. The maximum atomic E-state index is 5.95. The normalized spacial score (nSPS) is 14.3. The van der Waals surface area contributed by atoms with Crippen LogP contribution in [0.25, 0.3) is 22.6 Å². The van der Waals surface area contributed by atoms with Gasteiger partial charge in [0.2, 0.25) is 5.89 Å². The average molecular weight is 402 g/mol. The van der Waals surface area contributed by atoms with Crippen LogP contribution in [-0.4, -0.2) is 4.98 Å². The summed E-state index contributed by atoms with van der Waals surface area (Å²) in [4.78, 5) is 6.99. The van der Waals surface area contributed by atoms with Crippen molar-refractivity contribution in [1.82, 2.24) is 4.98 Å². The predicted octanol–water partition coefficient (Wildman–Crippen LogP) is 7.60. The van der Waals surface area contributed by atoms with Gasteiger partial charge in [-0.1, -0.05) is 62.4 Å². The number of hydrogen-bond acceptors (Lipinski definition) is 3. The van der Waals surface area contributed by atoms with Crippen LogP contribution < -0.4 is 4.90 Å². The van der Waals surface area contributed by atoms with E-state index in [0.717, 1.165) is 22.4 Å². The standard InChI is InChI=1S/C28H22N2O/c1-28(2)21-9-3-6-12-24(21)30(25-13-7-4-10-22(25)28)20-17-15-19(16-18-20)27-29-23-11-5-8-14-26(23)31-27/h3-18H,1-2H3. The summed E-state index contributed by atoms with van der Waals surface area (Å²) in [5.41, 5.74) is 8.83. The number of fused-ring (bicyclic) bond motifs is 3. The van der Waals surface area contributed by atoms with Gasteiger partial charge in [0.15, 0.2) is 5.58 Å². The number of hydrogen-bond donors (Lipinski definition) is 0. The van der Waals surface area contributed by atoms with Crippen molar-refractivity contribution in [2.75, 3.05) is 4.90 Å². The second kappa shape index (κ2) is 6.58. The van der Waals surface area contributed by atoms with Gasteiger partial charge >= 0.3 is 0 Å². The lowest BCUT2D eigenvalue weighted by Crippen LogP contribution is -2.30. The molecular formula is C28H22N2O. The topological polar surface area (TPSA) is 29.3 Å². The van der Waals surface area contributed by atoms with Crippen LogP contribution in [0.2, 0.25) is 0 Å².